The number of β-lactam (4-membered cyclic amide) rings is 1. The van der Waals surface area contributed by atoms with Crippen molar-refractivity contribution in [1.29, 1.82) is 0 Å². The number of carbonyl (C=O) groups excluding carboxylic acids is 2. The Bertz CT molecular complexity index is 738. The van der Waals surface area contributed by atoms with E-state index in [1.165, 1.54) is 47.1 Å². The summed E-state index contributed by atoms with van der Waals surface area (Å²) in [4.78, 5) is 35.2. The van der Waals surface area contributed by atoms with Gasteiger partial charge in [-0.2, -0.15) is 0 Å². The number of ether oxygens (including phenoxy) is 1. The molecule has 0 saturated carbocycles. The lowest BCUT2D eigenvalue weighted by molar-refractivity contribution is -0.384. The number of benzene rings is 1. The maximum atomic E-state index is 12.2. The van der Waals surface area contributed by atoms with Gasteiger partial charge in [-0.25, -0.2) is 0 Å². The van der Waals surface area contributed by atoms with Crippen LogP contribution < -0.4 is 5.73 Å². The Morgan fingerprint density at radius 3 is 2.71 bits per heavy atom. The van der Waals surface area contributed by atoms with Crippen LogP contribution in [0.4, 0.5) is 5.69 Å². The number of rotatable bonds is 4. The molecule has 2 aliphatic rings. The fraction of sp³-hybridized carbons (Fsp3) is 0.286. The summed E-state index contributed by atoms with van der Waals surface area (Å²) in [5.74, 6) is -0.783. The van der Waals surface area contributed by atoms with Crippen LogP contribution in [0.2, 0.25) is 0 Å². The smallest absolute Gasteiger partial charge is 0.325 e. The van der Waals surface area contributed by atoms with E-state index >= 15 is 0 Å². The summed E-state index contributed by atoms with van der Waals surface area (Å²) in [7, 11) is 0. The summed E-state index contributed by atoms with van der Waals surface area (Å²) in [5.41, 5.74) is 6.27. The molecular formula is C14H12ClN3O5S. The third-order valence-corrected chi connectivity index (χ3v) is 5.61. The molecule has 3 atom stereocenters. The van der Waals surface area contributed by atoms with E-state index < -0.39 is 22.2 Å². The number of fused-ring (bicyclic) bond motifs is 1. The molecule has 3 rings (SSSR count). The predicted octanol–water partition coefficient (Wildman–Crippen LogP) is 1.33. The molecule has 2 aliphatic heterocycles. The summed E-state index contributed by atoms with van der Waals surface area (Å²) in [5, 5.41) is 9.72. The topological polar surface area (TPSA) is 116 Å². The number of nitrogens with zero attached hydrogens (tertiary/aromatic N) is 2. The second kappa shape index (κ2) is 6.42. The first-order valence-corrected chi connectivity index (χ1v) is 8.21. The minimum atomic E-state index is -0.745. The lowest BCUT2D eigenvalue weighted by atomic mass is 10.1. The molecule has 0 spiro atoms. The Labute approximate surface area is 145 Å². The number of nitrogens with two attached hydrogens (primary N) is 1. The van der Waals surface area contributed by atoms with Crippen molar-refractivity contribution in [2.24, 2.45) is 5.73 Å². The molecular weight excluding hydrogens is 358 g/mol. The lowest BCUT2D eigenvalue weighted by Crippen LogP contribution is -2.66. The van der Waals surface area contributed by atoms with E-state index in [0.717, 1.165) is 0 Å². The van der Waals surface area contributed by atoms with E-state index in [0.29, 0.717) is 5.56 Å². The Hall–Kier alpha value is -2.10. The fourth-order valence-electron chi connectivity index (χ4n) is 2.31. The molecule has 0 bridgehead atoms. The van der Waals surface area contributed by atoms with Gasteiger partial charge in [-0.15, -0.1) is 11.8 Å². The van der Waals surface area contributed by atoms with Gasteiger partial charge in [0.25, 0.3) is 5.69 Å². The van der Waals surface area contributed by atoms with E-state index in [9.17, 15) is 19.7 Å². The maximum Gasteiger partial charge on any atom is 0.325 e. The molecule has 2 unspecified atom stereocenters. The minimum Gasteiger partial charge on any atom is -0.460 e. The largest absolute Gasteiger partial charge is 0.460 e. The second-order valence-corrected chi connectivity index (χ2v) is 6.89. The second-order valence-electron chi connectivity index (χ2n) is 5.22. The highest BCUT2D eigenvalue weighted by molar-refractivity contribution is 8.01. The van der Waals surface area contributed by atoms with Crippen LogP contribution in [0.25, 0.3) is 0 Å². The van der Waals surface area contributed by atoms with Crippen molar-refractivity contribution in [3.05, 3.63) is 51.2 Å². The molecule has 1 saturated heterocycles. The Morgan fingerprint density at radius 1 is 1.42 bits per heavy atom. The molecule has 126 valence electrons. The highest BCUT2D eigenvalue weighted by Crippen LogP contribution is 2.41. The summed E-state index contributed by atoms with van der Waals surface area (Å²) in [6.45, 7) is -0.0303. The molecule has 24 heavy (non-hydrogen) atoms. The van der Waals surface area contributed by atoms with E-state index in [-0.39, 0.29) is 28.6 Å². The van der Waals surface area contributed by atoms with Gasteiger partial charge in [-0.05, 0) is 17.7 Å². The van der Waals surface area contributed by atoms with Crippen molar-refractivity contribution in [3.63, 3.8) is 0 Å². The van der Waals surface area contributed by atoms with Crippen LogP contribution in [-0.4, -0.2) is 38.4 Å². The van der Waals surface area contributed by atoms with E-state index in [2.05, 4.69) is 0 Å². The highest BCUT2D eigenvalue weighted by atomic mass is 35.5. The zero-order chi connectivity index (χ0) is 17.4. The number of thioether (sulfide) groups is 1. The van der Waals surface area contributed by atoms with Crippen LogP contribution in [0.15, 0.2) is 35.5 Å². The first kappa shape index (κ1) is 16.7. The monoisotopic (exact) mass is 369 g/mol. The number of non-ortho nitro benzene ring substituents is 1. The van der Waals surface area contributed by atoms with Crippen molar-refractivity contribution < 1.29 is 19.2 Å². The van der Waals surface area contributed by atoms with Crippen LogP contribution in [0, 0.1) is 10.1 Å². The summed E-state index contributed by atoms with van der Waals surface area (Å²) >= 11 is 7.22. The number of amides is 1. The van der Waals surface area contributed by atoms with Gasteiger partial charge in [0.2, 0.25) is 5.91 Å². The summed E-state index contributed by atoms with van der Waals surface area (Å²) in [6.07, 6.45) is 1.41. The molecule has 8 nitrogen and oxygen atoms in total. The average molecular weight is 370 g/mol. The zero-order valence-electron chi connectivity index (χ0n) is 12.1. The number of nitro benzene ring substituents is 1. The van der Waals surface area contributed by atoms with Crippen LogP contribution in [0.1, 0.15) is 5.56 Å². The van der Waals surface area contributed by atoms with E-state index in [1.807, 2.05) is 0 Å². The van der Waals surface area contributed by atoms with Gasteiger partial charge in [0.1, 0.15) is 23.3 Å². The van der Waals surface area contributed by atoms with Crippen LogP contribution in [0.5, 0.6) is 0 Å². The van der Waals surface area contributed by atoms with Crippen molar-refractivity contribution in [2.45, 2.75) is 23.3 Å². The standard InChI is InChI=1S/C14H12ClN3O5S/c15-9-5-17-12(19)10(16)13(17)24-11(9)14(20)23-6-7-1-3-8(4-2-7)18(21)22/h1-5,10-11,13H,6,16H2/t10?,11?,13-/m1/s1. The molecule has 10 heteroatoms. The molecule has 1 amide bonds. The fourth-order valence-corrected chi connectivity index (χ4v) is 3.89. The zero-order valence-corrected chi connectivity index (χ0v) is 13.7. The quantitative estimate of drug-likeness (QED) is 0.368. The Morgan fingerprint density at radius 2 is 2.08 bits per heavy atom. The van der Waals surface area contributed by atoms with Gasteiger partial charge in [-0.1, -0.05) is 11.6 Å². The third-order valence-electron chi connectivity index (χ3n) is 3.65. The third kappa shape index (κ3) is 2.97. The number of hydrogen-bond acceptors (Lipinski definition) is 7. The molecule has 1 aromatic rings. The first-order valence-electron chi connectivity index (χ1n) is 6.89. The minimum absolute atomic E-state index is 0.0303. The molecule has 2 heterocycles. The van der Waals surface area contributed by atoms with Crippen molar-refractivity contribution in [2.75, 3.05) is 0 Å². The van der Waals surface area contributed by atoms with Crippen LogP contribution >= 0.6 is 23.4 Å². The normalized spacial score (nSPS) is 25.4. The molecule has 0 aliphatic carbocycles. The lowest BCUT2D eigenvalue weighted by Gasteiger charge is -2.46. The molecule has 2 N–H and O–H groups in total. The number of halogens is 1. The number of hydrogen-bond donors (Lipinski definition) is 1. The number of esters is 1. The molecule has 0 radical (unpaired) electrons. The predicted molar refractivity (Wildman–Crippen MR) is 86.8 cm³/mol. The molecule has 1 aromatic carbocycles. The molecule has 1 fully saturated rings. The molecule has 0 aromatic heterocycles. The van der Waals surface area contributed by atoms with Gasteiger partial charge in [-0.3, -0.25) is 19.7 Å². The van der Waals surface area contributed by atoms with Crippen molar-refractivity contribution in [1.82, 2.24) is 4.90 Å². The van der Waals surface area contributed by atoms with Gasteiger partial charge < -0.3 is 15.4 Å². The van der Waals surface area contributed by atoms with E-state index in [4.69, 9.17) is 22.1 Å². The van der Waals surface area contributed by atoms with E-state index in [1.54, 1.807) is 0 Å². The Balaban J connectivity index is 1.61. The Kier molecular flexibility index (Phi) is 4.48. The maximum absolute atomic E-state index is 12.2. The van der Waals surface area contributed by atoms with Gasteiger partial charge in [0.05, 0.1) is 9.96 Å². The van der Waals surface area contributed by atoms with Gasteiger partial charge >= 0.3 is 5.97 Å². The SMILES string of the molecule is NC1C(=O)N2C=C(Cl)C(C(=O)OCc3ccc([N+](=O)[O-])cc3)S[C@H]12. The number of nitro groups is 1. The summed E-state index contributed by atoms with van der Waals surface area (Å²) < 4.78 is 5.21. The van der Waals surface area contributed by atoms with Gasteiger partial charge in [0, 0.05) is 18.3 Å². The highest BCUT2D eigenvalue weighted by Gasteiger charge is 2.50. The van der Waals surface area contributed by atoms with Gasteiger partial charge in [0.15, 0.2) is 0 Å². The van der Waals surface area contributed by atoms with Crippen LogP contribution in [0.3, 0.4) is 0 Å². The average Bonchev–Trinajstić information content (AvgIpc) is 2.59. The van der Waals surface area contributed by atoms with Crippen molar-refractivity contribution in [3.8, 4) is 0 Å². The summed E-state index contributed by atoms with van der Waals surface area (Å²) in [6, 6.07) is 5.05. The number of carbonyl (C=O) groups is 2. The van der Waals surface area contributed by atoms with Crippen LogP contribution in [-0.2, 0) is 20.9 Å². The van der Waals surface area contributed by atoms with Crippen molar-refractivity contribution >= 4 is 40.9 Å². The first-order chi connectivity index (χ1) is 11.4.